The van der Waals surface area contributed by atoms with E-state index in [1.54, 1.807) is 0 Å². The number of hydrogen-bond acceptors (Lipinski definition) is 4. The van der Waals surface area contributed by atoms with Crippen molar-refractivity contribution in [2.75, 3.05) is 18.1 Å². The van der Waals surface area contributed by atoms with Crippen molar-refractivity contribution in [1.82, 2.24) is 0 Å². The van der Waals surface area contributed by atoms with Crippen molar-refractivity contribution in [3.05, 3.63) is 0 Å². The van der Waals surface area contributed by atoms with E-state index in [1.807, 2.05) is 0 Å². The summed E-state index contributed by atoms with van der Waals surface area (Å²) in [6.45, 7) is 6.04. The van der Waals surface area contributed by atoms with Gasteiger partial charge in [0.2, 0.25) is 0 Å². The minimum atomic E-state index is -3.26. The Hall–Kier alpha value is -0.580. The third kappa shape index (κ3) is 8.18. The summed E-state index contributed by atoms with van der Waals surface area (Å²) in [4.78, 5) is 11.3. The molecule has 0 aromatic heterocycles. The fraction of sp³-hybridized carbons (Fsp3) is 0.917. The van der Waals surface area contributed by atoms with E-state index in [2.05, 4.69) is 13.8 Å². The molecule has 0 fully saturated rings. The highest BCUT2D eigenvalue weighted by Crippen LogP contribution is 2.12. The first-order chi connectivity index (χ1) is 7.95. The molecule has 0 N–H and O–H groups in total. The summed E-state index contributed by atoms with van der Waals surface area (Å²) in [5, 5.41) is 0. The second kappa shape index (κ2) is 8.50. The molecule has 0 saturated carbocycles. The van der Waals surface area contributed by atoms with E-state index >= 15 is 0 Å². The average molecular weight is 264 g/mol. The van der Waals surface area contributed by atoms with Crippen LogP contribution in [0, 0.1) is 5.92 Å². The Morgan fingerprint density at radius 2 is 1.88 bits per heavy atom. The van der Waals surface area contributed by atoms with Gasteiger partial charge in [0.1, 0.15) is 5.75 Å². The molecule has 0 amide bonds. The zero-order chi connectivity index (χ0) is 13.3. The van der Waals surface area contributed by atoms with Crippen LogP contribution in [0.15, 0.2) is 0 Å². The van der Waals surface area contributed by atoms with Crippen LogP contribution in [0.4, 0.5) is 0 Å². The Bertz CT molecular complexity index is 308. The first-order valence-electron chi connectivity index (χ1n) is 6.31. The quantitative estimate of drug-likeness (QED) is 0.599. The van der Waals surface area contributed by atoms with Gasteiger partial charge in [-0.05, 0) is 12.3 Å². The minimum Gasteiger partial charge on any atom is -0.465 e. The maximum atomic E-state index is 11.3. The topological polar surface area (TPSA) is 60.4 Å². The van der Waals surface area contributed by atoms with Crippen molar-refractivity contribution in [3.63, 3.8) is 0 Å². The van der Waals surface area contributed by atoms with E-state index in [4.69, 9.17) is 4.74 Å². The summed E-state index contributed by atoms with van der Waals surface area (Å²) in [5.41, 5.74) is 0. The Balaban J connectivity index is 3.97. The van der Waals surface area contributed by atoms with Gasteiger partial charge in [0.15, 0.2) is 9.84 Å². The van der Waals surface area contributed by atoms with Crippen molar-refractivity contribution >= 4 is 15.8 Å². The normalized spacial score (nSPS) is 13.4. The number of esters is 1. The number of sulfone groups is 1. The highest BCUT2D eigenvalue weighted by atomic mass is 32.2. The van der Waals surface area contributed by atoms with E-state index in [0.29, 0.717) is 12.5 Å². The van der Waals surface area contributed by atoms with Gasteiger partial charge in [-0.2, -0.15) is 0 Å². The summed E-state index contributed by atoms with van der Waals surface area (Å²) in [6, 6.07) is 0. The van der Waals surface area contributed by atoms with E-state index in [0.717, 1.165) is 25.7 Å². The van der Waals surface area contributed by atoms with Gasteiger partial charge >= 0.3 is 5.97 Å². The zero-order valence-corrected chi connectivity index (χ0v) is 11.9. The van der Waals surface area contributed by atoms with E-state index < -0.39 is 21.6 Å². The maximum Gasteiger partial charge on any atom is 0.321 e. The van der Waals surface area contributed by atoms with Gasteiger partial charge in [0.25, 0.3) is 0 Å². The van der Waals surface area contributed by atoms with Crippen LogP contribution in [-0.2, 0) is 19.4 Å². The number of carbonyl (C=O) groups excluding carboxylic acids is 1. The second-order valence-corrected chi connectivity index (χ2v) is 6.63. The number of hydrogen-bond donors (Lipinski definition) is 0. The molecular formula is C12H24O4S. The largest absolute Gasteiger partial charge is 0.465 e. The molecule has 0 aliphatic rings. The number of rotatable bonds is 9. The van der Waals surface area contributed by atoms with Crippen molar-refractivity contribution < 1.29 is 17.9 Å². The number of unbranched alkanes of at least 4 members (excludes halogenated alkanes) is 1. The number of ether oxygens (including phenoxy) is 1. The first kappa shape index (κ1) is 16.4. The lowest BCUT2D eigenvalue weighted by Gasteiger charge is -2.14. The molecule has 17 heavy (non-hydrogen) atoms. The van der Waals surface area contributed by atoms with Gasteiger partial charge in [0.05, 0.1) is 6.61 Å². The van der Waals surface area contributed by atoms with Gasteiger partial charge in [-0.3, -0.25) is 4.79 Å². The molecule has 0 spiro atoms. The van der Waals surface area contributed by atoms with Crippen molar-refractivity contribution in [3.8, 4) is 0 Å². The van der Waals surface area contributed by atoms with Crippen LogP contribution >= 0.6 is 0 Å². The predicted molar refractivity (Wildman–Crippen MR) is 68.6 cm³/mol. The molecule has 0 aliphatic carbocycles. The van der Waals surface area contributed by atoms with Gasteiger partial charge < -0.3 is 4.74 Å². The average Bonchev–Trinajstić information content (AvgIpc) is 2.29. The summed E-state index contributed by atoms with van der Waals surface area (Å²) in [7, 11) is -3.26. The lowest BCUT2D eigenvalue weighted by Crippen LogP contribution is -2.22. The molecule has 5 heteroatoms. The van der Waals surface area contributed by atoms with E-state index in [9.17, 15) is 13.2 Å². The maximum absolute atomic E-state index is 11.3. The van der Waals surface area contributed by atoms with Crippen LogP contribution in [0.2, 0.25) is 0 Å². The zero-order valence-electron chi connectivity index (χ0n) is 11.1. The van der Waals surface area contributed by atoms with Gasteiger partial charge in [0, 0.05) is 5.75 Å². The molecule has 0 saturated heterocycles. The molecule has 0 aromatic carbocycles. The molecule has 0 heterocycles. The lowest BCUT2D eigenvalue weighted by atomic mass is 10.0. The van der Waals surface area contributed by atoms with Crippen LogP contribution in [0.3, 0.4) is 0 Å². The Kier molecular flexibility index (Phi) is 8.21. The number of carbonyl (C=O) groups is 1. The molecule has 0 rings (SSSR count). The molecule has 0 bridgehead atoms. The standard InChI is InChI=1S/C12H24O4S/c1-4-7-8-11(5-2)9-16-12(13)10-17(14,15)6-3/h11H,4-10H2,1-3H3. The third-order valence-electron chi connectivity index (χ3n) is 2.80. The fourth-order valence-corrected chi connectivity index (χ4v) is 2.08. The molecular weight excluding hydrogens is 240 g/mol. The summed E-state index contributed by atoms with van der Waals surface area (Å²) in [6.07, 6.45) is 4.21. The van der Waals surface area contributed by atoms with E-state index in [1.165, 1.54) is 6.92 Å². The Morgan fingerprint density at radius 3 is 2.35 bits per heavy atom. The summed E-state index contributed by atoms with van der Waals surface area (Å²) < 4.78 is 27.4. The van der Waals surface area contributed by atoms with Gasteiger partial charge in [-0.1, -0.05) is 40.0 Å². The van der Waals surface area contributed by atoms with Crippen molar-refractivity contribution in [1.29, 1.82) is 0 Å². The predicted octanol–water partition coefficient (Wildman–Crippen LogP) is 2.18. The van der Waals surface area contributed by atoms with Crippen molar-refractivity contribution in [2.45, 2.75) is 46.5 Å². The van der Waals surface area contributed by atoms with Crippen LogP contribution in [-0.4, -0.2) is 32.5 Å². The van der Waals surface area contributed by atoms with Crippen LogP contribution in [0.1, 0.15) is 46.5 Å². The Morgan fingerprint density at radius 1 is 1.24 bits per heavy atom. The first-order valence-corrected chi connectivity index (χ1v) is 8.13. The smallest absolute Gasteiger partial charge is 0.321 e. The summed E-state index contributed by atoms with van der Waals surface area (Å²) >= 11 is 0. The summed E-state index contributed by atoms with van der Waals surface area (Å²) in [5.74, 6) is -0.784. The van der Waals surface area contributed by atoms with Crippen LogP contribution in [0.25, 0.3) is 0 Å². The monoisotopic (exact) mass is 264 g/mol. The highest BCUT2D eigenvalue weighted by molar-refractivity contribution is 7.92. The SMILES string of the molecule is CCCCC(CC)COC(=O)CS(=O)(=O)CC. The fourth-order valence-electron chi connectivity index (χ4n) is 1.43. The van der Waals surface area contributed by atoms with Crippen LogP contribution < -0.4 is 0 Å². The molecule has 0 radical (unpaired) electrons. The van der Waals surface area contributed by atoms with Gasteiger partial charge in [-0.15, -0.1) is 0 Å². The second-order valence-electron chi connectivity index (χ2n) is 4.28. The molecule has 0 aromatic rings. The van der Waals surface area contributed by atoms with Crippen molar-refractivity contribution in [2.24, 2.45) is 5.92 Å². The third-order valence-corrected chi connectivity index (χ3v) is 4.36. The Labute approximate surface area is 105 Å². The molecule has 102 valence electrons. The van der Waals surface area contributed by atoms with Crippen LogP contribution in [0.5, 0.6) is 0 Å². The minimum absolute atomic E-state index is 0.0187. The molecule has 1 atom stereocenters. The van der Waals surface area contributed by atoms with E-state index in [-0.39, 0.29) is 5.75 Å². The lowest BCUT2D eigenvalue weighted by molar-refractivity contribution is -0.142. The molecule has 0 aliphatic heterocycles. The van der Waals surface area contributed by atoms with Gasteiger partial charge in [-0.25, -0.2) is 8.42 Å². The molecule has 4 nitrogen and oxygen atoms in total. The highest BCUT2D eigenvalue weighted by Gasteiger charge is 2.17. The molecule has 1 unspecified atom stereocenters.